The van der Waals surface area contributed by atoms with E-state index >= 15 is 0 Å². The zero-order valence-corrected chi connectivity index (χ0v) is 8.19. The molecule has 2 unspecified atom stereocenters. The van der Waals surface area contributed by atoms with Gasteiger partial charge >= 0.3 is 0 Å². The maximum atomic E-state index is 4.44. The largest absolute Gasteiger partial charge is 0.348 e. The van der Waals surface area contributed by atoms with E-state index in [1.165, 1.54) is 12.8 Å². The second kappa shape index (κ2) is 3.24. The van der Waals surface area contributed by atoms with E-state index in [4.69, 9.17) is 0 Å². The highest BCUT2D eigenvalue weighted by molar-refractivity contribution is 5.43. The van der Waals surface area contributed by atoms with E-state index in [1.54, 1.807) is 0 Å². The molecule has 1 aromatic rings. The fourth-order valence-electron chi connectivity index (χ4n) is 2.66. The van der Waals surface area contributed by atoms with E-state index in [1.807, 2.05) is 12.3 Å². The summed E-state index contributed by atoms with van der Waals surface area (Å²) in [4.78, 5) is 6.94. The van der Waals surface area contributed by atoms with E-state index in [0.717, 1.165) is 18.9 Å². The molecule has 2 bridgehead atoms. The Hall–Kier alpha value is -1.09. The fraction of sp³-hybridized carbons (Fsp3) is 0.545. The van der Waals surface area contributed by atoms with Gasteiger partial charge < -0.3 is 10.2 Å². The van der Waals surface area contributed by atoms with Gasteiger partial charge in [0.25, 0.3) is 0 Å². The van der Waals surface area contributed by atoms with Crippen molar-refractivity contribution in [2.24, 2.45) is 0 Å². The first-order valence-electron chi connectivity index (χ1n) is 5.35. The van der Waals surface area contributed by atoms with Gasteiger partial charge in [0.1, 0.15) is 5.82 Å². The predicted molar refractivity (Wildman–Crippen MR) is 56.4 cm³/mol. The molecule has 0 amide bonds. The van der Waals surface area contributed by atoms with Crippen molar-refractivity contribution in [3.8, 4) is 0 Å². The molecule has 0 spiro atoms. The minimum absolute atomic E-state index is 0.670. The van der Waals surface area contributed by atoms with Gasteiger partial charge in [0.2, 0.25) is 0 Å². The van der Waals surface area contributed by atoms with Crippen LogP contribution in [0.25, 0.3) is 0 Å². The first-order chi connectivity index (χ1) is 6.95. The number of rotatable bonds is 1. The van der Waals surface area contributed by atoms with Crippen LogP contribution in [0.1, 0.15) is 12.8 Å². The summed E-state index contributed by atoms with van der Waals surface area (Å²) >= 11 is 0. The molecule has 2 atom stereocenters. The molecule has 3 heterocycles. The molecule has 0 radical (unpaired) electrons. The van der Waals surface area contributed by atoms with Crippen molar-refractivity contribution in [1.29, 1.82) is 0 Å². The number of nitrogens with one attached hydrogen (secondary N) is 1. The molecule has 1 aromatic heterocycles. The summed E-state index contributed by atoms with van der Waals surface area (Å²) in [5.41, 5.74) is 0. The lowest BCUT2D eigenvalue weighted by molar-refractivity contribution is 0.481. The van der Waals surface area contributed by atoms with Gasteiger partial charge in [-0.15, -0.1) is 0 Å². The monoisotopic (exact) mass is 189 g/mol. The normalized spacial score (nSPS) is 30.7. The van der Waals surface area contributed by atoms with E-state index in [-0.39, 0.29) is 0 Å². The molecule has 2 aliphatic rings. The lowest BCUT2D eigenvalue weighted by Gasteiger charge is -2.36. The van der Waals surface area contributed by atoms with Crippen LogP contribution < -0.4 is 10.2 Å². The fourth-order valence-corrected chi connectivity index (χ4v) is 2.66. The molecule has 2 fully saturated rings. The van der Waals surface area contributed by atoms with Crippen LogP contribution in [-0.4, -0.2) is 30.2 Å². The van der Waals surface area contributed by atoms with E-state index < -0.39 is 0 Å². The molecule has 0 saturated carbocycles. The molecule has 14 heavy (non-hydrogen) atoms. The number of aromatic nitrogens is 1. The van der Waals surface area contributed by atoms with Crippen molar-refractivity contribution < 1.29 is 0 Å². The van der Waals surface area contributed by atoms with Crippen molar-refractivity contribution in [2.45, 2.75) is 24.9 Å². The Labute approximate surface area is 84.1 Å². The lowest BCUT2D eigenvalue weighted by atomic mass is 10.2. The number of hydrogen-bond donors (Lipinski definition) is 1. The minimum atomic E-state index is 0.670. The molecule has 2 saturated heterocycles. The first-order valence-corrected chi connectivity index (χ1v) is 5.35. The molecule has 74 valence electrons. The Kier molecular flexibility index (Phi) is 1.91. The van der Waals surface area contributed by atoms with Gasteiger partial charge in [-0.1, -0.05) is 6.07 Å². The van der Waals surface area contributed by atoms with Crippen LogP contribution >= 0.6 is 0 Å². The molecular weight excluding hydrogens is 174 g/mol. The van der Waals surface area contributed by atoms with Crippen LogP contribution in [0, 0.1) is 0 Å². The number of hydrogen-bond acceptors (Lipinski definition) is 3. The van der Waals surface area contributed by atoms with Crippen LogP contribution in [-0.2, 0) is 0 Å². The van der Waals surface area contributed by atoms with Crippen molar-refractivity contribution in [3.63, 3.8) is 0 Å². The van der Waals surface area contributed by atoms with Gasteiger partial charge in [-0.25, -0.2) is 4.98 Å². The van der Waals surface area contributed by atoms with Crippen LogP contribution in [0.3, 0.4) is 0 Å². The van der Waals surface area contributed by atoms with Crippen LogP contribution in [0.4, 0.5) is 5.82 Å². The van der Waals surface area contributed by atoms with Gasteiger partial charge in [0, 0.05) is 31.4 Å². The average Bonchev–Trinajstić information content (AvgIpc) is 2.50. The maximum absolute atomic E-state index is 4.44. The van der Waals surface area contributed by atoms with Crippen molar-refractivity contribution in [1.82, 2.24) is 10.3 Å². The van der Waals surface area contributed by atoms with Crippen molar-refractivity contribution in [2.75, 3.05) is 18.0 Å². The van der Waals surface area contributed by atoms with Crippen molar-refractivity contribution in [3.05, 3.63) is 24.4 Å². The molecule has 0 aliphatic carbocycles. The topological polar surface area (TPSA) is 28.2 Å². The Morgan fingerprint density at radius 3 is 2.64 bits per heavy atom. The van der Waals surface area contributed by atoms with Gasteiger partial charge in [-0.3, -0.25) is 0 Å². The SMILES string of the molecule is c1ccc(N2C3CCC2CNC3)nc1. The molecule has 3 nitrogen and oxygen atoms in total. The summed E-state index contributed by atoms with van der Waals surface area (Å²) in [6.45, 7) is 2.24. The van der Waals surface area contributed by atoms with Crippen molar-refractivity contribution >= 4 is 5.82 Å². The van der Waals surface area contributed by atoms with Gasteiger partial charge in [0.15, 0.2) is 0 Å². The molecule has 1 N–H and O–H groups in total. The van der Waals surface area contributed by atoms with Crippen LogP contribution in [0.15, 0.2) is 24.4 Å². The third-order valence-corrected chi connectivity index (χ3v) is 3.29. The number of fused-ring (bicyclic) bond motifs is 2. The number of nitrogens with zero attached hydrogens (tertiary/aromatic N) is 2. The summed E-state index contributed by atoms with van der Waals surface area (Å²) in [6, 6.07) is 7.51. The number of piperazine rings is 1. The summed E-state index contributed by atoms with van der Waals surface area (Å²) in [6.07, 6.45) is 4.51. The number of anilines is 1. The molecule has 0 aromatic carbocycles. The second-order valence-corrected chi connectivity index (χ2v) is 4.14. The van der Waals surface area contributed by atoms with E-state index in [9.17, 15) is 0 Å². The molecule has 3 heteroatoms. The third-order valence-electron chi connectivity index (χ3n) is 3.29. The standard InChI is InChI=1S/C11H15N3/c1-2-6-13-11(3-1)14-9-4-5-10(14)8-12-7-9/h1-3,6,9-10,12H,4-5,7-8H2. The van der Waals surface area contributed by atoms with Gasteiger partial charge in [0.05, 0.1) is 0 Å². The average molecular weight is 189 g/mol. The summed E-state index contributed by atoms with van der Waals surface area (Å²) in [7, 11) is 0. The summed E-state index contributed by atoms with van der Waals surface area (Å²) in [5, 5.41) is 3.48. The number of pyridine rings is 1. The Morgan fingerprint density at radius 2 is 2.00 bits per heavy atom. The van der Waals surface area contributed by atoms with E-state index in [2.05, 4.69) is 27.3 Å². The summed E-state index contributed by atoms with van der Waals surface area (Å²) in [5.74, 6) is 1.15. The van der Waals surface area contributed by atoms with Gasteiger partial charge in [-0.2, -0.15) is 0 Å². The third kappa shape index (κ3) is 1.20. The quantitative estimate of drug-likeness (QED) is 0.715. The van der Waals surface area contributed by atoms with Gasteiger partial charge in [-0.05, 0) is 25.0 Å². The van der Waals surface area contributed by atoms with Crippen LogP contribution in [0.2, 0.25) is 0 Å². The molecular formula is C11H15N3. The zero-order valence-electron chi connectivity index (χ0n) is 8.19. The smallest absolute Gasteiger partial charge is 0.129 e. The minimum Gasteiger partial charge on any atom is -0.348 e. The zero-order chi connectivity index (χ0) is 9.38. The molecule has 2 aliphatic heterocycles. The highest BCUT2D eigenvalue weighted by Gasteiger charge is 2.36. The molecule has 3 rings (SSSR count). The second-order valence-electron chi connectivity index (χ2n) is 4.14. The lowest BCUT2D eigenvalue weighted by Crippen LogP contribution is -2.52. The Morgan fingerprint density at radius 1 is 1.21 bits per heavy atom. The first kappa shape index (κ1) is 8.24. The Balaban J connectivity index is 1.92. The summed E-state index contributed by atoms with van der Waals surface area (Å²) < 4.78 is 0. The maximum Gasteiger partial charge on any atom is 0.129 e. The highest BCUT2D eigenvalue weighted by atomic mass is 15.3. The Bertz CT molecular complexity index is 296. The predicted octanol–water partition coefficient (Wildman–Crippen LogP) is 1.02. The van der Waals surface area contributed by atoms with E-state index in [0.29, 0.717) is 12.1 Å². The van der Waals surface area contributed by atoms with Crippen LogP contribution in [0.5, 0.6) is 0 Å². The highest BCUT2D eigenvalue weighted by Crippen LogP contribution is 2.30.